The van der Waals surface area contributed by atoms with E-state index in [4.69, 9.17) is 10.9 Å². The molecular formula is C13H24ClN3O4S2. The molecule has 0 heterocycles. The summed E-state index contributed by atoms with van der Waals surface area (Å²) in [5.74, 6) is 0.243. The van der Waals surface area contributed by atoms with Crippen molar-refractivity contribution in [2.75, 3.05) is 6.54 Å². The smallest absolute Gasteiger partial charge is 0.241 e. The van der Waals surface area contributed by atoms with Gasteiger partial charge in [0.1, 0.15) is 0 Å². The Balaban J connectivity index is 0.00000484. The first kappa shape index (κ1) is 22.3. The average molecular weight is 386 g/mol. The van der Waals surface area contributed by atoms with E-state index in [1.807, 2.05) is 13.8 Å². The number of nitrogens with two attached hydrogens (primary N) is 2. The Bertz CT molecular complexity index is 735. The summed E-state index contributed by atoms with van der Waals surface area (Å²) in [6.45, 7) is 5.76. The van der Waals surface area contributed by atoms with E-state index in [-0.39, 0.29) is 34.7 Å². The molecule has 23 heavy (non-hydrogen) atoms. The molecule has 1 aromatic carbocycles. The summed E-state index contributed by atoms with van der Waals surface area (Å²) in [7, 11) is -7.88. The van der Waals surface area contributed by atoms with E-state index in [9.17, 15) is 16.8 Å². The van der Waals surface area contributed by atoms with E-state index >= 15 is 0 Å². The molecule has 0 aliphatic carbocycles. The molecular weight excluding hydrogens is 362 g/mol. The molecule has 5 N–H and O–H groups in total. The van der Waals surface area contributed by atoms with Crippen molar-refractivity contribution in [3.8, 4) is 0 Å². The van der Waals surface area contributed by atoms with E-state index in [1.165, 1.54) is 18.2 Å². The highest BCUT2D eigenvalue weighted by molar-refractivity contribution is 7.90. The van der Waals surface area contributed by atoms with Gasteiger partial charge in [-0.2, -0.15) is 0 Å². The molecule has 1 rings (SSSR count). The fourth-order valence-corrected chi connectivity index (χ4v) is 4.38. The van der Waals surface area contributed by atoms with Crippen molar-refractivity contribution in [3.63, 3.8) is 0 Å². The number of sulfonamides is 2. The lowest BCUT2D eigenvalue weighted by Crippen LogP contribution is -2.52. The highest BCUT2D eigenvalue weighted by Gasteiger charge is 2.30. The van der Waals surface area contributed by atoms with Crippen molar-refractivity contribution < 1.29 is 16.8 Å². The minimum Gasteiger partial charge on any atom is -0.329 e. The predicted octanol–water partition coefficient (Wildman–Crippen LogP) is 0.798. The maximum absolute atomic E-state index is 12.5. The summed E-state index contributed by atoms with van der Waals surface area (Å²) in [4.78, 5) is -0.420. The molecule has 134 valence electrons. The second-order valence-electron chi connectivity index (χ2n) is 5.99. The number of halogens is 1. The Hall–Kier alpha value is -0.710. The van der Waals surface area contributed by atoms with Crippen LogP contribution < -0.4 is 15.6 Å². The van der Waals surface area contributed by atoms with Crippen LogP contribution in [0.5, 0.6) is 0 Å². The van der Waals surface area contributed by atoms with Crippen LogP contribution >= 0.6 is 12.4 Å². The van der Waals surface area contributed by atoms with Gasteiger partial charge < -0.3 is 5.73 Å². The normalized spacial score (nSPS) is 15.0. The molecule has 0 fully saturated rings. The predicted molar refractivity (Wildman–Crippen MR) is 92.3 cm³/mol. The third kappa shape index (κ3) is 6.36. The number of hydrogen-bond donors (Lipinski definition) is 3. The summed E-state index contributed by atoms with van der Waals surface area (Å²) in [5.41, 5.74) is 4.88. The van der Waals surface area contributed by atoms with Gasteiger partial charge in [0.05, 0.1) is 9.79 Å². The molecule has 0 saturated heterocycles. The lowest BCUT2D eigenvalue weighted by atomic mass is 9.92. The van der Waals surface area contributed by atoms with Crippen molar-refractivity contribution in [1.29, 1.82) is 0 Å². The standard InChI is InChI=1S/C13H23N3O4S2.ClH/c1-10(2)8-13(3,9-14)16-22(19,20)12-6-4-5-11(7-12)21(15,17)18;/h4-7,10,16H,8-9,14H2,1-3H3,(H2,15,17,18);1H. The molecule has 0 aliphatic rings. The Kier molecular flexibility index (Phi) is 7.66. The fraction of sp³-hybridized carbons (Fsp3) is 0.538. The number of benzene rings is 1. The summed E-state index contributed by atoms with van der Waals surface area (Å²) in [6, 6.07) is 4.91. The third-order valence-electron chi connectivity index (χ3n) is 3.13. The third-order valence-corrected chi connectivity index (χ3v) is 5.68. The molecule has 10 heteroatoms. The van der Waals surface area contributed by atoms with Crippen LogP contribution in [-0.2, 0) is 20.0 Å². The van der Waals surface area contributed by atoms with Crippen LogP contribution in [-0.4, -0.2) is 28.9 Å². The van der Waals surface area contributed by atoms with Crippen molar-refractivity contribution >= 4 is 32.5 Å². The lowest BCUT2D eigenvalue weighted by molar-refractivity contribution is 0.344. The zero-order chi connectivity index (χ0) is 17.2. The second kappa shape index (κ2) is 7.91. The highest BCUT2D eigenvalue weighted by Crippen LogP contribution is 2.20. The van der Waals surface area contributed by atoms with Gasteiger partial charge in [-0.15, -0.1) is 12.4 Å². The topological polar surface area (TPSA) is 132 Å². The van der Waals surface area contributed by atoms with Crippen molar-refractivity contribution in [1.82, 2.24) is 4.72 Å². The van der Waals surface area contributed by atoms with E-state index in [0.717, 1.165) is 6.07 Å². The van der Waals surface area contributed by atoms with Crippen LogP contribution in [0.1, 0.15) is 27.2 Å². The zero-order valence-electron chi connectivity index (χ0n) is 13.3. The van der Waals surface area contributed by atoms with Gasteiger partial charge in [0.15, 0.2) is 0 Å². The fourth-order valence-electron chi connectivity index (χ4n) is 2.27. The number of primary sulfonamides is 1. The molecule has 1 unspecified atom stereocenters. The minimum absolute atomic E-state index is 0. The van der Waals surface area contributed by atoms with Crippen molar-refractivity contribution in [3.05, 3.63) is 24.3 Å². The molecule has 0 saturated carbocycles. The monoisotopic (exact) mass is 385 g/mol. The quantitative estimate of drug-likeness (QED) is 0.638. The summed E-state index contributed by atoms with van der Waals surface area (Å²) in [6.07, 6.45) is 0.553. The number of nitrogens with one attached hydrogen (secondary N) is 1. The van der Waals surface area contributed by atoms with Gasteiger partial charge >= 0.3 is 0 Å². The molecule has 0 aromatic heterocycles. The van der Waals surface area contributed by atoms with E-state index in [2.05, 4.69) is 4.72 Å². The Labute approximate surface area is 144 Å². The molecule has 7 nitrogen and oxygen atoms in total. The minimum atomic E-state index is -3.97. The molecule has 0 amide bonds. The molecule has 0 aliphatic heterocycles. The molecule has 1 aromatic rings. The molecule has 0 spiro atoms. The van der Waals surface area contributed by atoms with Crippen molar-refractivity contribution in [2.24, 2.45) is 16.8 Å². The first-order chi connectivity index (χ1) is 9.89. The van der Waals surface area contributed by atoms with Gasteiger partial charge in [-0.3, -0.25) is 0 Å². The van der Waals surface area contributed by atoms with Crippen LogP contribution in [0.25, 0.3) is 0 Å². The first-order valence-corrected chi connectivity index (χ1v) is 9.79. The van der Waals surface area contributed by atoms with Gasteiger partial charge in [-0.1, -0.05) is 19.9 Å². The maximum atomic E-state index is 12.5. The second-order valence-corrected chi connectivity index (χ2v) is 9.23. The van der Waals surface area contributed by atoms with Crippen LogP contribution in [0, 0.1) is 5.92 Å². The molecule has 0 bridgehead atoms. The van der Waals surface area contributed by atoms with Crippen LogP contribution in [0.4, 0.5) is 0 Å². The highest BCUT2D eigenvalue weighted by atomic mass is 35.5. The van der Waals surface area contributed by atoms with Crippen LogP contribution in [0.2, 0.25) is 0 Å². The maximum Gasteiger partial charge on any atom is 0.241 e. The summed E-state index contributed by atoms with van der Waals surface area (Å²) in [5, 5.41) is 5.03. The molecule has 0 radical (unpaired) electrons. The molecule has 1 atom stereocenters. The average Bonchev–Trinajstić information content (AvgIpc) is 2.36. The Morgan fingerprint density at radius 2 is 1.70 bits per heavy atom. The van der Waals surface area contributed by atoms with Crippen LogP contribution in [0.15, 0.2) is 34.1 Å². The van der Waals surface area contributed by atoms with Gasteiger partial charge in [0.25, 0.3) is 0 Å². The summed E-state index contributed by atoms with van der Waals surface area (Å²) >= 11 is 0. The van der Waals surface area contributed by atoms with Crippen LogP contribution in [0.3, 0.4) is 0 Å². The lowest BCUT2D eigenvalue weighted by Gasteiger charge is -2.30. The SMILES string of the molecule is CC(C)CC(C)(CN)NS(=O)(=O)c1cccc(S(N)(=O)=O)c1.Cl. The first-order valence-electron chi connectivity index (χ1n) is 6.76. The largest absolute Gasteiger partial charge is 0.329 e. The van der Waals surface area contributed by atoms with Gasteiger partial charge in [0.2, 0.25) is 20.0 Å². The number of hydrogen-bond acceptors (Lipinski definition) is 5. The van der Waals surface area contributed by atoms with E-state index < -0.39 is 25.6 Å². The number of rotatable bonds is 7. The van der Waals surface area contributed by atoms with Gasteiger partial charge in [-0.05, 0) is 37.5 Å². The zero-order valence-corrected chi connectivity index (χ0v) is 15.8. The van der Waals surface area contributed by atoms with E-state index in [0.29, 0.717) is 6.42 Å². The Morgan fingerprint density at radius 1 is 1.17 bits per heavy atom. The van der Waals surface area contributed by atoms with Gasteiger partial charge in [0, 0.05) is 12.1 Å². The van der Waals surface area contributed by atoms with Gasteiger partial charge in [-0.25, -0.2) is 26.7 Å². The van der Waals surface area contributed by atoms with E-state index in [1.54, 1.807) is 6.92 Å². The van der Waals surface area contributed by atoms with Crippen molar-refractivity contribution in [2.45, 2.75) is 42.5 Å². The summed E-state index contributed by atoms with van der Waals surface area (Å²) < 4.78 is 50.2. The Morgan fingerprint density at radius 3 is 2.13 bits per heavy atom.